The Balaban J connectivity index is 1.95. The molecule has 0 fully saturated rings. The molecule has 0 saturated heterocycles. The number of allylic oxidation sites excluding steroid dienone is 1. The standard InChI is InChI=1S/C25H23FN2O3S2/c1-14(2)31-24(30)21-15(3)27-25-28(22(21)16-9-11-18(32-4)12-10-16)23(29)20(33-25)13-17-7-5-6-8-19(17)26/h5-14,22H,1-4H3. The first-order valence-corrected chi connectivity index (χ1v) is 12.5. The van der Waals surface area contributed by atoms with E-state index in [0.717, 1.165) is 10.5 Å². The van der Waals surface area contributed by atoms with Crippen LogP contribution in [0.2, 0.25) is 0 Å². The molecule has 33 heavy (non-hydrogen) atoms. The molecule has 1 aliphatic rings. The predicted molar refractivity (Wildman–Crippen MR) is 130 cm³/mol. The summed E-state index contributed by atoms with van der Waals surface area (Å²) < 4.78 is 21.6. The van der Waals surface area contributed by atoms with Crippen molar-refractivity contribution in [2.24, 2.45) is 4.99 Å². The Labute approximate surface area is 199 Å². The number of fused-ring (bicyclic) bond motifs is 1. The van der Waals surface area contributed by atoms with E-state index in [9.17, 15) is 14.0 Å². The average molecular weight is 483 g/mol. The number of benzene rings is 2. The van der Waals surface area contributed by atoms with Gasteiger partial charge in [-0.3, -0.25) is 9.36 Å². The Hall–Kier alpha value is -2.97. The quantitative estimate of drug-likeness (QED) is 0.407. The minimum atomic E-state index is -0.689. The zero-order chi connectivity index (χ0) is 23.7. The number of aromatic nitrogens is 1. The van der Waals surface area contributed by atoms with E-state index in [2.05, 4.69) is 4.99 Å². The van der Waals surface area contributed by atoms with E-state index in [-0.39, 0.29) is 11.7 Å². The molecule has 1 aliphatic heterocycles. The van der Waals surface area contributed by atoms with Gasteiger partial charge in [0, 0.05) is 10.5 Å². The van der Waals surface area contributed by atoms with Gasteiger partial charge >= 0.3 is 5.97 Å². The first kappa shape index (κ1) is 23.2. The molecule has 1 aromatic heterocycles. The fourth-order valence-corrected chi connectivity index (χ4v) is 5.14. The zero-order valence-electron chi connectivity index (χ0n) is 18.7. The van der Waals surface area contributed by atoms with Crippen molar-refractivity contribution < 1.29 is 13.9 Å². The maximum atomic E-state index is 14.2. The molecule has 1 atom stereocenters. The smallest absolute Gasteiger partial charge is 0.338 e. The molecular formula is C25H23FN2O3S2. The third-order valence-electron chi connectivity index (χ3n) is 5.21. The van der Waals surface area contributed by atoms with Crippen LogP contribution in [0.4, 0.5) is 4.39 Å². The van der Waals surface area contributed by atoms with Gasteiger partial charge in [-0.2, -0.15) is 0 Å². The highest BCUT2D eigenvalue weighted by molar-refractivity contribution is 7.98. The van der Waals surface area contributed by atoms with Crippen LogP contribution in [-0.4, -0.2) is 22.9 Å². The summed E-state index contributed by atoms with van der Waals surface area (Å²) in [6, 6.07) is 13.3. The molecule has 0 amide bonds. The monoisotopic (exact) mass is 482 g/mol. The number of carbonyl (C=O) groups excluding carboxylic acids is 1. The topological polar surface area (TPSA) is 60.7 Å². The highest BCUT2D eigenvalue weighted by atomic mass is 32.2. The molecule has 1 unspecified atom stereocenters. The number of rotatable bonds is 5. The number of hydrogen-bond donors (Lipinski definition) is 0. The van der Waals surface area contributed by atoms with Gasteiger partial charge in [-0.05, 0) is 56.9 Å². The van der Waals surface area contributed by atoms with Crippen LogP contribution in [0.25, 0.3) is 6.08 Å². The fraction of sp³-hybridized carbons (Fsp3) is 0.240. The maximum Gasteiger partial charge on any atom is 0.338 e. The van der Waals surface area contributed by atoms with Gasteiger partial charge in [0.2, 0.25) is 0 Å². The summed E-state index contributed by atoms with van der Waals surface area (Å²) in [6.45, 7) is 5.30. The van der Waals surface area contributed by atoms with Crippen LogP contribution in [0.15, 0.2) is 74.5 Å². The van der Waals surface area contributed by atoms with Gasteiger partial charge in [0.25, 0.3) is 5.56 Å². The molecule has 0 aliphatic carbocycles. The van der Waals surface area contributed by atoms with E-state index >= 15 is 0 Å². The van der Waals surface area contributed by atoms with Crippen molar-refractivity contribution in [1.82, 2.24) is 4.57 Å². The number of thiazole rings is 1. The minimum Gasteiger partial charge on any atom is -0.459 e. The normalized spacial score (nSPS) is 16.1. The number of halogens is 1. The number of ether oxygens (including phenoxy) is 1. The van der Waals surface area contributed by atoms with E-state index in [1.54, 1.807) is 50.7 Å². The molecule has 2 heterocycles. The van der Waals surface area contributed by atoms with Gasteiger partial charge in [0.05, 0.1) is 27.9 Å². The summed E-state index contributed by atoms with van der Waals surface area (Å²) >= 11 is 2.78. The van der Waals surface area contributed by atoms with Crippen LogP contribution in [0.1, 0.15) is 37.9 Å². The van der Waals surface area contributed by atoms with E-state index in [1.165, 1.54) is 28.0 Å². The largest absolute Gasteiger partial charge is 0.459 e. The SMILES string of the molecule is CSc1ccc(C2C(C(=O)OC(C)C)=C(C)N=c3sc(=Cc4ccccc4F)c(=O)n32)cc1. The second-order valence-corrected chi connectivity index (χ2v) is 9.72. The van der Waals surface area contributed by atoms with Crippen molar-refractivity contribution in [3.63, 3.8) is 0 Å². The molecule has 5 nitrogen and oxygen atoms in total. The Morgan fingerprint density at radius 3 is 2.55 bits per heavy atom. The molecule has 170 valence electrons. The lowest BCUT2D eigenvalue weighted by atomic mass is 9.96. The van der Waals surface area contributed by atoms with Crippen molar-refractivity contribution in [3.05, 3.63) is 96.4 Å². The van der Waals surface area contributed by atoms with Crippen molar-refractivity contribution >= 4 is 35.1 Å². The lowest BCUT2D eigenvalue weighted by molar-refractivity contribution is -0.143. The van der Waals surface area contributed by atoms with Crippen molar-refractivity contribution in [2.45, 2.75) is 37.8 Å². The molecule has 0 N–H and O–H groups in total. The van der Waals surface area contributed by atoms with Gasteiger partial charge in [0.1, 0.15) is 5.82 Å². The lowest BCUT2D eigenvalue weighted by Gasteiger charge is -2.25. The van der Waals surface area contributed by atoms with Gasteiger partial charge in [0.15, 0.2) is 4.80 Å². The molecule has 3 aromatic rings. The highest BCUT2D eigenvalue weighted by Crippen LogP contribution is 2.32. The van der Waals surface area contributed by atoms with E-state index in [4.69, 9.17) is 4.74 Å². The molecule has 0 spiro atoms. The number of thioether (sulfide) groups is 1. The summed E-state index contributed by atoms with van der Waals surface area (Å²) in [7, 11) is 0. The molecule has 8 heteroatoms. The molecule has 4 rings (SSSR count). The Kier molecular flexibility index (Phi) is 6.67. The molecular weight excluding hydrogens is 459 g/mol. The number of carbonyl (C=O) groups is 1. The average Bonchev–Trinajstić information content (AvgIpc) is 3.08. The Bertz CT molecular complexity index is 1420. The van der Waals surface area contributed by atoms with Gasteiger partial charge in [-0.15, -0.1) is 11.8 Å². The number of nitrogens with zero attached hydrogens (tertiary/aromatic N) is 2. The second kappa shape index (κ2) is 9.49. The van der Waals surface area contributed by atoms with E-state index in [1.807, 2.05) is 30.5 Å². The highest BCUT2D eigenvalue weighted by Gasteiger charge is 2.33. The third kappa shape index (κ3) is 4.58. The van der Waals surface area contributed by atoms with Gasteiger partial charge in [-0.1, -0.05) is 41.7 Å². The van der Waals surface area contributed by atoms with Crippen molar-refractivity contribution in [1.29, 1.82) is 0 Å². The predicted octanol–water partition coefficient (Wildman–Crippen LogP) is 4.05. The van der Waals surface area contributed by atoms with Crippen LogP contribution in [0.3, 0.4) is 0 Å². The molecule has 2 aromatic carbocycles. The zero-order valence-corrected chi connectivity index (χ0v) is 20.3. The molecule has 0 bridgehead atoms. The van der Waals surface area contributed by atoms with Crippen LogP contribution < -0.4 is 14.9 Å². The number of esters is 1. The Morgan fingerprint density at radius 2 is 1.91 bits per heavy atom. The first-order chi connectivity index (χ1) is 15.8. The molecule has 0 saturated carbocycles. The Morgan fingerprint density at radius 1 is 1.21 bits per heavy atom. The van der Waals surface area contributed by atoms with Crippen molar-refractivity contribution in [2.75, 3.05) is 6.26 Å². The minimum absolute atomic E-state index is 0.317. The maximum absolute atomic E-state index is 14.2. The number of hydrogen-bond acceptors (Lipinski definition) is 6. The van der Waals surface area contributed by atoms with Gasteiger partial charge < -0.3 is 4.74 Å². The van der Waals surface area contributed by atoms with Crippen LogP contribution in [0.5, 0.6) is 0 Å². The van der Waals surface area contributed by atoms with Crippen LogP contribution >= 0.6 is 23.1 Å². The van der Waals surface area contributed by atoms with Crippen LogP contribution in [-0.2, 0) is 9.53 Å². The third-order valence-corrected chi connectivity index (χ3v) is 6.93. The summed E-state index contributed by atoms with van der Waals surface area (Å²) in [5, 5.41) is 0. The van der Waals surface area contributed by atoms with E-state index in [0.29, 0.717) is 26.2 Å². The van der Waals surface area contributed by atoms with E-state index < -0.39 is 17.8 Å². The lowest BCUT2D eigenvalue weighted by Crippen LogP contribution is -2.40. The summed E-state index contributed by atoms with van der Waals surface area (Å²) in [5.41, 5.74) is 1.59. The summed E-state index contributed by atoms with van der Waals surface area (Å²) in [4.78, 5) is 32.7. The second-order valence-electron chi connectivity index (χ2n) is 7.83. The van der Waals surface area contributed by atoms with Crippen LogP contribution in [0, 0.1) is 5.82 Å². The summed E-state index contributed by atoms with van der Waals surface area (Å²) in [6.07, 6.45) is 3.19. The fourth-order valence-electron chi connectivity index (χ4n) is 3.70. The van der Waals surface area contributed by atoms with Crippen molar-refractivity contribution in [3.8, 4) is 0 Å². The first-order valence-electron chi connectivity index (χ1n) is 10.4. The summed E-state index contributed by atoms with van der Waals surface area (Å²) in [5.74, 6) is -0.918. The van der Waals surface area contributed by atoms with Gasteiger partial charge in [-0.25, -0.2) is 14.2 Å². The molecule has 0 radical (unpaired) electrons.